The number of carbonyl (C=O) groups excluding carboxylic acids is 1. The molecule has 0 bridgehead atoms. The smallest absolute Gasteiger partial charge is 0.224 e. The summed E-state index contributed by atoms with van der Waals surface area (Å²) >= 11 is 1.98. The standard InChI is InChI=1S/C10H18N2OS/c1-7(2)12-4-8(3-10(12)13)11-9-5-14-6-9/h7-9,11H,3-6H2,1-2H3. The van der Waals surface area contributed by atoms with E-state index in [1.807, 2.05) is 16.7 Å². The van der Waals surface area contributed by atoms with Gasteiger partial charge in [-0.2, -0.15) is 11.8 Å². The van der Waals surface area contributed by atoms with Crippen LogP contribution in [0.25, 0.3) is 0 Å². The fourth-order valence-electron chi connectivity index (χ4n) is 2.01. The number of hydrogen-bond donors (Lipinski definition) is 1. The molecule has 2 fully saturated rings. The molecule has 3 nitrogen and oxygen atoms in total. The first-order chi connectivity index (χ1) is 6.66. The first-order valence-electron chi connectivity index (χ1n) is 5.30. The van der Waals surface area contributed by atoms with Crippen LogP contribution in [0.4, 0.5) is 0 Å². The second-order valence-corrected chi connectivity index (χ2v) is 5.52. The van der Waals surface area contributed by atoms with E-state index < -0.39 is 0 Å². The second-order valence-electron chi connectivity index (χ2n) is 4.44. The molecule has 0 aromatic heterocycles. The Morgan fingerprint density at radius 2 is 2.14 bits per heavy atom. The van der Waals surface area contributed by atoms with Crippen LogP contribution in [0.3, 0.4) is 0 Å². The fourth-order valence-corrected chi connectivity index (χ4v) is 2.67. The molecule has 0 spiro atoms. The normalized spacial score (nSPS) is 28.6. The third-order valence-corrected chi connectivity index (χ3v) is 4.17. The molecule has 0 saturated carbocycles. The van der Waals surface area contributed by atoms with Crippen molar-refractivity contribution < 1.29 is 4.79 Å². The molecule has 1 N–H and O–H groups in total. The molecule has 1 unspecified atom stereocenters. The molecular weight excluding hydrogens is 196 g/mol. The minimum atomic E-state index is 0.310. The largest absolute Gasteiger partial charge is 0.339 e. The highest BCUT2D eigenvalue weighted by Gasteiger charge is 2.33. The van der Waals surface area contributed by atoms with E-state index in [0.717, 1.165) is 6.54 Å². The molecule has 1 atom stereocenters. The Morgan fingerprint density at radius 3 is 2.57 bits per heavy atom. The second kappa shape index (κ2) is 4.11. The Morgan fingerprint density at radius 1 is 1.43 bits per heavy atom. The number of amides is 1. The summed E-state index contributed by atoms with van der Waals surface area (Å²) in [5.74, 6) is 2.74. The molecule has 80 valence electrons. The van der Waals surface area contributed by atoms with Crippen molar-refractivity contribution in [1.82, 2.24) is 10.2 Å². The van der Waals surface area contributed by atoms with Crippen LogP contribution in [-0.4, -0.2) is 47.0 Å². The summed E-state index contributed by atoms with van der Waals surface area (Å²) in [7, 11) is 0. The predicted octanol–water partition coefficient (Wildman–Crippen LogP) is 0.701. The number of nitrogens with one attached hydrogen (secondary N) is 1. The molecule has 4 heteroatoms. The zero-order valence-electron chi connectivity index (χ0n) is 8.82. The van der Waals surface area contributed by atoms with Crippen LogP contribution >= 0.6 is 11.8 Å². The van der Waals surface area contributed by atoms with E-state index in [1.54, 1.807) is 0 Å². The quantitative estimate of drug-likeness (QED) is 0.750. The molecule has 0 radical (unpaired) electrons. The number of rotatable bonds is 3. The van der Waals surface area contributed by atoms with Crippen molar-refractivity contribution in [1.29, 1.82) is 0 Å². The van der Waals surface area contributed by atoms with Crippen molar-refractivity contribution in [2.45, 2.75) is 38.4 Å². The van der Waals surface area contributed by atoms with Gasteiger partial charge in [-0.1, -0.05) is 0 Å². The van der Waals surface area contributed by atoms with Gasteiger partial charge in [0.15, 0.2) is 0 Å². The van der Waals surface area contributed by atoms with Gasteiger partial charge in [0.25, 0.3) is 0 Å². The summed E-state index contributed by atoms with van der Waals surface area (Å²) in [6.45, 7) is 5.07. The Bertz CT molecular complexity index is 228. The third kappa shape index (κ3) is 2.06. The van der Waals surface area contributed by atoms with Gasteiger partial charge in [0.1, 0.15) is 0 Å². The van der Waals surface area contributed by atoms with E-state index in [0.29, 0.717) is 30.5 Å². The first kappa shape index (κ1) is 10.3. The third-order valence-electron chi connectivity index (χ3n) is 2.89. The van der Waals surface area contributed by atoms with Crippen LogP contribution in [0.5, 0.6) is 0 Å². The Labute approximate surface area is 89.6 Å². The molecule has 2 aliphatic rings. The average Bonchev–Trinajstić information content (AvgIpc) is 2.39. The van der Waals surface area contributed by atoms with Crippen LogP contribution in [0.1, 0.15) is 20.3 Å². The minimum absolute atomic E-state index is 0.310. The summed E-state index contributed by atoms with van der Waals surface area (Å²) in [4.78, 5) is 13.6. The van der Waals surface area contributed by atoms with Crippen LogP contribution < -0.4 is 5.32 Å². The molecule has 0 aromatic carbocycles. The lowest BCUT2D eigenvalue weighted by molar-refractivity contribution is -0.129. The van der Waals surface area contributed by atoms with Crippen LogP contribution in [0.15, 0.2) is 0 Å². The van der Waals surface area contributed by atoms with Gasteiger partial charge in [-0.25, -0.2) is 0 Å². The number of carbonyl (C=O) groups is 1. The number of nitrogens with zero attached hydrogens (tertiary/aromatic N) is 1. The fraction of sp³-hybridized carbons (Fsp3) is 0.900. The van der Waals surface area contributed by atoms with Gasteiger partial charge >= 0.3 is 0 Å². The highest BCUT2D eigenvalue weighted by molar-refractivity contribution is 8.00. The summed E-state index contributed by atoms with van der Waals surface area (Å²) in [6.07, 6.45) is 0.694. The van der Waals surface area contributed by atoms with Crippen molar-refractivity contribution in [2.75, 3.05) is 18.1 Å². The van der Waals surface area contributed by atoms with E-state index in [2.05, 4.69) is 19.2 Å². The molecule has 1 amide bonds. The molecule has 2 rings (SSSR count). The van der Waals surface area contributed by atoms with Gasteiger partial charge in [-0.3, -0.25) is 4.79 Å². The molecule has 14 heavy (non-hydrogen) atoms. The molecule has 0 aliphatic carbocycles. The summed E-state index contributed by atoms with van der Waals surface area (Å²) in [5.41, 5.74) is 0. The lowest BCUT2D eigenvalue weighted by atomic mass is 10.2. The zero-order valence-corrected chi connectivity index (χ0v) is 9.64. The maximum absolute atomic E-state index is 11.6. The SMILES string of the molecule is CC(C)N1CC(NC2CSC2)CC1=O. The van der Waals surface area contributed by atoms with Gasteiger partial charge < -0.3 is 10.2 Å². The molecule has 2 saturated heterocycles. The summed E-state index contributed by atoms with van der Waals surface area (Å²) in [5, 5.41) is 3.55. The van der Waals surface area contributed by atoms with Crippen LogP contribution in [-0.2, 0) is 4.79 Å². The van der Waals surface area contributed by atoms with Crippen molar-refractivity contribution in [3.63, 3.8) is 0 Å². The Hall–Kier alpha value is -0.220. The molecule has 2 aliphatic heterocycles. The van der Waals surface area contributed by atoms with Crippen LogP contribution in [0.2, 0.25) is 0 Å². The maximum atomic E-state index is 11.6. The van der Waals surface area contributed by atoms with Gasteiger partial charge in [0.05, 0.1) is 0 Å². The average molecular weight is 214 g/mol. The van der Waals surface area contributed by atoms with Gasteiger partial charge in [0.2, 0.25) is 5.91 Å². The van der Waals surface area contributed by atoms with E-state index in [9.17, 15) is 4.79 Å². The predicted molar refractivity (Wildman–Crippen MR) is 59.5 cm³/mol. The molecular formula is C10H18N2OS. The van der Waals surface area contributed by atoms with E-state index in [-0.39, 0.29) is 0 Å². The summed E-state index contributed by atoms with van der Waals surface area (Å²) < 4.78 is 0. The van der Waals surface area contributed by atoms with E-state index >= 15 is 0 Å². The van der Waals surface area contributed by atoms with Crippen LogP contribution in [0, 0.1) is 0 Å². The highest BCUT2D eigenvalue weighted by Crippen LogP contribution is 2.21. The van der Waals surface area contributed by atoms with Gasteiger partial charge in [0, 0.05) is 42.6 Å². The van der Waals surface area contributed by atoms with Crippen molar-refractivity contribution in [2.24, 2.45) is 0 Å². The zero-order chi connectivity index (χ0) is 10.1. The van der Waals surface area contributed by atoms with E-state index in [4.69, 9.17) is 0 Å². The monoisotopic (exact) mass is 214 g/mol. The topological polar surface area (TPSA) is 32.3 Å². The van der Waals surface area contributed by atoms with Crippen molar-refractivity contribution in [3.8, 4) is 0 Å². The lowest BCUT2D eigenvalue weighted by Crippen LogP contribution is -2.47. The van der Waals surface area contributed by atoms with Gasteiger partial charge in [-0.15, -0.1) is 0 Å². The number of hydrogen-bond acceptors (Lipinski definition) is 3. The lowest BCUT2D eigenvalue weighted by Gasteiger charge is -2.29. The molecule has 2 heterocycles. The maximum Gasteiger partial charge on any atom is 0.224 e. The van der Waals surface area contributed by atoms with Gasteiger partial charge in [-0.05, 0) is 13.8 Å². The number of likely N-dealkylation sites (tertiary alicyclic amines) is 1. The molecule has 0 aromatic rings. The summed E-state index contributed by atoms with van der Waals surface area (Å²) in [6, 6.07) is 1.41. The van der Waals surface area contributed by atoms with E-state index in [1.165, 1.54) is 11.5 Å². The Balaban J connectivity index is 1.82. The highest BCUT2D eigenvalue weighted by atomic mass is 32.2. The number of thioether (sulfide) groups is 1. The Kier molecular flexibility index (Phi) is 3.02. The van der Waals surface area contributed by atoms with Crippen molar-refractivity contribution in [3.05, 3.63) is 0 Å². The van der Waals surface area contributed by atoms with Crippen molar-refractivity contribution >= 4 is 17.7 Å². The minimum Gasteiger partial charge on any atom is -0.339 e. The first-order valence-corrected chi connectivity index (χ1v) is 6.45.